The normalized spacial score (nSPS) is 10.8. The second-order valence-electron chi connectivity index (χ2n) is 7.59. The minimum absolute atomic E-state index is 0.637. The highest BCUT2D eigenvalue weighted by atomic mass is 16.5. The van der Waals surface area contributed by atoms with E-state index >= 15 is 0 Å². The first-order chi connectivity index (χ1) is 15.6. The Morgan fingerprint density at radius 1 is 1.03 bits per heavy atom. The molecule has 0 amide bonds. The Morgan fingerprint density at radius 3 is 2.56 bits per heavy atom. The number of rotatable bonds is 8. The third kappa shape index (κ3) is 4.29. The summed E-state index contributed by atoms with van der Waals surface area (Å²) < 4.78 is 12.8. The molecule has 3 aromatic carbocycles. The summed E-state index contributed by atoms with van der Waals surface area (Å²) in [5.41, 5.74) is 5.99. The summed E-state index contributed by atoms with van der Waals surface area (Å²) in [6, 6.07) is 21.8. The monoisotopic (exact) mass is 426 g/mol. The van der Waals surface area contributed by atoms with Crippen LogP contribution in [0.5, 0.6) is 11.5 Å². The molecule has 162 valence electrons. The third-order valence-corrected chi connectivity index (χ3v) is 5.59. The van der Waals surface area contributed by atoms with Gasteiger partial charge in [-0.05, 0) is 48.9 Å². The van der Waals surface area contributed by atoms with Gasteiger partial charge in [0, 0.05) is 36.5 Å². The molecule has 0 aliphatic carbocycles. The van der Waals surface area contributed by atoms with Crippen LogP contribution in [0.15, 0.2) is 60.7 Å². The second-order valence-corrected chi connectivity index (χ2v) is 7.59. The van der Waals surface area contributed by atoms with Crippen LogP contribution in [0.1, 0.15) is 22.4 Å². The molecule has 0 aliphatic rings. The maximum Gasteiger partial charge on any atom is 0.127 e. The van der Waals surface area contributed by atoms with Crippen molar-refractivity contribution in [1.82, 2.24) is 15.1 Å². The first kappa shape index (κ1) is 21.4. The molecular weight excluding hydrogens is 400 g/mol. The number of methoxy groups -OCH3 is 2. The van der Waals surface area contributed by atoms with Gasteiger partial charge in [0.25, 0.3) is 0 Å². The molecule has 6 nitrogen and oxygen atoms in total. The van der Waals surface area contributed by atoms with Crippen molar-refractivity contribution < 1.29 is 9.47 Å². The molecule has 1 heterocycles. The number of fused-ring (bicyclic) bond motifs is 1. The Balaban J connectivity index is 1.56. The molecule has 0 fully saturated rings. The molecule has 0 saturated carbocycles. The molecule has 4 aromatic rings. The maximum absolute atomic E-state index is 9.11. The van der Waals surface area contributed by atoms with Gasteiger partial charge in [0.05, 0.1) is 42.8 Å². The molecule has 1 N–H and O–H groups in total. The van der Waals surface area contributed by atoms with E-state index in [1.165, 1.54) is 10.9 Å². The number of benzene rings is 3. The molecule has 4 rings (SSSR count). The van der Waals surface area contributed by atoms with Gasteiger partial charge in [0.15, 0.2) is 0 Å². The molecule has 1 aromatic heterocycles. The van der Waals surface area contributed by atoms with Gasteiger partial charge in [-0.25, -0.2) is 4.68 Å². The van der Waals surface area contributed by atoms with Crippen molar-refractivity contribution in [1.29, 1.82) is 5.26 Å². The number of nitrogens with zero attached hydrogens (tertiary/aromatic N) is 3. The number of ether oxygens (including phenoxy) is 2. The molecule has 0 spiro atoms. The fourth-order valence-electron chi connectivity index (χ4n) is 3.93. The van der Waals surface area contributed by atoms with Crippen LogP contribution in [-0.4, -0.2) is 30.5 Å². The fourth-order valence-corrected chi connectivity index (χ4v) is 3.93. The van der Waals surface area contributed by atoms with Crippen LogP contribution in [0, 0.1) is 18.3 Å². The minimum Gasteiger partial charge on any atom is -0.497 e. The molecule has 0 unspecified atom stereocenters. The summed E-state index contributed by atoms with van der Waals surface area (Å²) in [4.78, 5) is 0. The molecule has 0 bridgehead atoms. The van der Waals surface area contributed by atoms with Crippen LogP contribution < -0.4 is 14.8 Å². The van der Waals surface area contributed by atoms with Gasteiger partial charge in [0.2, 0.25) is 0 Å². The lowest BCUT2D eigenvalue weighted by atomic mass is 10.1. The summed E-state index contributed by atoms with van der Waals surface area (Å²) >= 11 is 0. The highest BCUT2D eigenvalue weighted by molar-refractivity contribution is 5.85. The summed E-state index contributed by atoms with van der Waals surface area (Å²) in [5, 5.41) is 18.7. The van der Waals surface area contributed by atoms with Crippen LogP contribution in [0.3, 0.4) is 0 Å². The number of nitrogens with one attached hydrogen (secondary N) is 1. The predicted octanol–water partition coefficient (Wildman–Crippen LogP) is 4.56. The van der Waals surface area contributed by atoms with Gasteiger partial charge < -0.3 is 14.8 Å². The first-order valence-electron chi connectivity index (χ1n) is 10.5. The third-order valence-electron chi connectivity index (χ3n) is 5.59. The maximum atomic E-state index is 9.11. The van der Waals surface area contributed by atoms with Crippen LogP contribution in [0.25, 0.3) is 16.6 Å². The summed E-state index contributed by atoms with van der Waals surface area (Å²) in [5.74, 6) is 1.58. The Hall–Kier alpha value is -3.82. The lowest BCUT2D eigenvalue weighted by molar-refractivity contribution is 0.390. The highest BCUT2D eigenvalue weighted by Crippen LogP contribution is 2.26. The van der Waals surface area contributed by atoms with E-state index in [1.54, 1.807) is 14.2 Å². The minimum atomic E-state index is 0.637. The molecular formula is C26H26N4O2. The fraction of sp³-hybridized carbons (Fsp3) is 0.231. The quantitative estimate of drug-likeness (QED) is 0.418. The van der Waals surface area contributed by atoms with Crippen LogP contribution in [0.2, 0.25) is 0 Å². The second kappa shape index (κ2) is 9.54. The standard InChI is InChI=1S/C26H26N4O2/c1-18-5-4-6-23-26(18)24(30(29-23)21-10-7-19(16-27)8-11-21)13-14-28-17-20-9-12-22(31-2)15-25(20)32-3/h4-12,15,28H,13-14,17H2,1-3H3. The Morgan fingerprint density at radius 2 is 1.84 bits per heavy atom. The Bertz CT molecular complexity index is 1270. The lowest BCUT2D eigenvalue weighted by Crippen LogP contribution is -2.18. The topological polar surface area (TPSA) is 72.1 Å². The van der Waals surface area contributed by atoms with Crippen molar-refractivity contribution >= 4 is 10.9 Å². The predicted molar refractivity (Wildman–Crippen MR) is 125 cm³/mol. The number of hydrogen-bond donors (Lipinski definition) is 1. The van der Waals surface area contributed by atoms with E-state index in [0.29, 0.717) is 12.1 Å². The van der Waals surface area contributed by atoms with Crippen LogP contribution in [0.4, 0.5) is 0 Å². The van der Waals surface area contributed by atoms with Gasteiger partial charge in [0.1, 0.15) is 11.5 Å². The van der Waals surface area contributed by atoms with Crippen molar-refractivity contribution in [3.05, 3.63) is 83.0 Å². The smallest absolute Gasteiger partial charge is 0.127 e. The molecule has 6 heteroatoms. The number of aryl methyl sites for hydroxylation is 1. The number of hydrogen-bond acceptors (Lipinski definition) is 5. The van der Waals surface area contributed by atoms with Crippen molar-refractivity contribution in [3.63, 3.8) is 0 Å². The molecule has 0 atom stereocenters. The number of aromatic nitrogens is 2. The van der Waals surface area contributed by atoms with Gasteiger partial charge in [-0.2, -0.15) is 10.4 Å². The zero-order valence-electron chi connectivity index (χ0n) is 18.6. The van der Waals surface area contributed by atoms with E-state index in [1.807, 2.05) is 59.3 Å². The average Bonchev–Trinajstić information content (AvgIpc) is 3.21. The zero-order valence-corrected chi connectivity index (χ0v) is 18.6. The van der Waals surface area contributed by atoms with Gasteiger partial charge in [-0.15, -0.1) is 0 Å². The van der Waals surface area contributed by atoms with Gasteiger partial charge in [-0.1, -0.05) is 18.2 Å². The van der Waals surface area contributed by atoms with Gasteiger partial charge >= 0.3 is 0 Å². The SMILES string of the molecule is COc1ccc(CNCCc2c3c(C)cccc3nn2-c2ccc(C#N)cc2)c(OC)c1. The largest absolute Gasteiger partial charge is 0.497 e. The summed E-state index contributed by atoms with van der Waals surface area (Å²) in [6.45, 7) is 3.59. The van der Waals surface area contributed by atoms with Crippen molar-refractivity contribution in [2.75, 3.05) is 20.8 Å². The summed E-state index contributed by atoms with van der Waals surface area (Å²) in [6.07, 6.45) is 0.805. The van der Waals surface area contributed by atoms with E-state index in [4.69, 9.17) is 19.8 Å². The average molecular weight is 427 g/mol. The molecule has 32 heavy (non-hydrogen) atoms. The van der Waals surface area contributed by atoms with Crippen molar-refractivity contribution in [2.24, 2.45) is 0 Å². The van der Waals surface area contributed by atoms with E-state index in [9.17, 15) is 0 Å². The van der Waals surface area contributed by atoms with E-state index in [-0.39, 0.29) is 0 Å². The van der Waals surface area contributed by atoms with Crippen molar-refractivity contribution in [2.45, 2.75) is 19.9 Å². The molecule has 0 aliphatic heterocycles. The van der Waals surface area contributed by atoms with E-state index in [0.717, 1.165) is 46.9 Å². The van der Waals surface area contributed by atoms with E-state index in [2.05, 4.69) is 24.4 Å². The van der Waals surface area contributed by atoms with Crippen LogP contribution >= 0.6 is 0 Å². The number of nitriles is 1. The zero-order chi connectivity index (χ0) is 22.5. The van der Waals surface area contributed by atoms with Crippen molar-refractivity contribution in [3.8, 4) is 23.3 Å². The first-order valence-corrected chi connectivity index (χ1v) is 10.5. The van der Waals surface area contributed by atoms with E-state index < -0.39 is 0 Å². The Labute approximate surface area is 188 Å². The Kier molecular flexibility index (Phi) is 6.39. The summed E-state index contributed by atoms with van der Waals surface area (Å²) in [7, 11) is 3.32. The van der Waals surface area contributed by atoms with Crippen LogP contribution in [-0.2, 0) is 13.0 Å². The molecule has 0 radical (unpaired) electrons. The highest BCUT2D eigenvalue weighted by Gasteiger charge is 2.14. The molecule has 0 saturated heterocycles. The lowest BCUT2D eigenvalue weighted by Gasteiger charge is -2.12. The van der Waals surface area contributed by atoms with Gasteiger partial charge in [-0.3, -0.25) is 0 Å².